The van der Waals surface area contributed by atoms with Crippen molar-refractivity contribution in [3.63, 3.8) is 0 Å². The average molecular weight is 757 g/mol. The highest BCUT2D eigenvalue weighted by atomic mass is 35.5. The first kappa shape index (κ1) is 35.5. The Morgan fingerprint density at radius 3 is 2.40 bits per heavy atom. The van der Waals surface area contributed by atoms with Crippen LogP contribution >= 0.6 is 23.2 Å². The predicted molar refractivity (Wildman–Crippen MR) is 206 cm³/mol. The van der Waals surface area contributed by atoms with E-state index >= 15 is 0 Å². The van der Waals surface area contributed by atoms with Gasteiger partial charge in [0.2, 0.25) is 17.8 Å². The number of benzene rings is 3. The van der Waals surface area contributed by atoms with Crippen LogP contribution in [-0.2, 0) is 20.6 Å². The summed E-state index contributed by atoms with van der Waals surface area (Å²) in [4.78, 5) is 46.7. The van der Waals surface area contributed by atoms with E-state index in [0.29, 0.717) is 44.6 Å². The van der Waals surface area contributed by atoms with Gasteiger partial charge in [0.05, 0.1) is 19.9 Å². The van der Waals surface area contributed by atoms with Crippen LogP contribution in [0, 0.1) is 0 Å². The second kappa shape index (κ2) is 15.4. The largest absolute Gasteiger partial charge is 0.493 e. The molecule has 53 heavy (non-hydrogen) atoms. The maximum atomic E-state index is 13.4. The molecule has 0 saturated carbocycles. The van der Waals surface area contributed by atoms with Gasteiger partial charge in [0, 0.05) is 42.9 Å². The van der Waals surface area contributed by atoms with E-state index in [1.165, 1.54) is 32.2 Å². The SMILES string of the molecule is COc1cc(/C=N\Nc2nc(Nc3ccccc3)nc(N3CCCCC3)n2)ccc1Oc1nc2c(c(=O)n(C)c(=O)n2C)n1Cc1ccc(Cl)cc1Cl. The summed E-state index contributed by atoms with van der Waals surface area (Å²) in [5.41, 5.74) is 4.37. The summed E-state index contributed by atoms with van der Waals surface area (Å²) in [7, 11) is 4.45. The van der Waals surface area contributed by atoms with Crippen LogP contribution in [0.5, 0.6) is 17.5 Å². The summed E-state index contributed by atoms with van der Waals surface area (Å²) in [6.07, 6.45) is 4.92. The molecule has 2 N–H and O–H groups in total. The number of hydrogen-bond acceptors (Lipinski definition) is 12. The molecule has 4 heterocycles. The Labute approximate surface area is 313 Å². The molecule has 0 amide bonds. The second-order valence-corrected chi connectivity index (χ2v) is 13.1. The number of rotatable bonds is 11. The average Bonchev–Trinajstić information content (AvgIpc) is 3.52. The quantitative estimate of drug-likeness (QED) is 0.119. The number of nitrogens with one attached hydrogen (secondary N) is 2. The molecule has 0 bridgehead atoms. The van der Waals surface area contributed by atoms with Crippen molar-refractivity contribution in [2.45, 2.75) is 25.8 Å². The first-order valence-electron chi connectivity index (χ1n) is 16.8. The number of aryl methyl sites for hydroxylation is 1. The third-order valence-electron chi connectivity index (χ3n) is 8.72. The lowest BCUT2D eigenvalue weighted by Gasteiger charge is -2.26. The van der Waals surface area contributed by atoms with E-state index in [0.717, 1.165) is 36.2 Å². The molecule has 3 aromatic carbocycles. The highest BCUT2D eigenvalue weighted by Crippen LogP contribution is 2.34. The van der Waals surface area contributed by atoms with Crippen molar-refractivity contribution in [1.29, 1.82) is 0 Å². The Bertz CT molecular complexity index is 2440. The van der Waals surface area contributed by atoms with Gasteiger partial charge in [-0.15, -0.1) is 0 Å². The van der Waals surface area contributed by atoms with Gasteiger partial charge < -0.3 is 19.7 Å². The highest BCUT2D eigenvalue weighted by Gasteiger charge is 2.23. The lowest BCUT2D eigenvalue weighted by molar-refractivity contribution is 0.361. The van der Waals surface area contributed by atoms with E-state index in [1.807, 2.05) is 30.3 Å². The predicted octanol–water partition coefficient (Wildman–Crippen LogP) is 5.95. The summed E-state index contributed by atoms with van der Waals surface area (Å²) in [6, 6.07) is 20.0. The number of aromatic nitrogens is 7. The van der Waals surface area contributed by atoms with E-state index < -0.39 is 11.2 Å². The monoisotopic (exact) mass is 755 g/mol. The Hall–Kier alpha value is -5.93. The van der Waals surface area contributed by atoms with E-state index in [-0.39, 0.29) is 29.7 Å². The van der Waals surface area contributed by atoms with Crippen molar-refractivity contribution in [1.82, 2.24) is 33.6 Å². The molecule has 17 heteroatoms. The molecular formula is C36H35Cl2N11O4. The number of anilines is 4. The number of piperidine rings is 1. The smallest absolute Gasteiger partial charge is 0.332 e. The van der Waals surface area contributed by atoms with Crippen molar-refractivity contribution in [3.05, 3.63) is 109 Å². The molecule has 15 nitrogen and oxygen atoms in total. The molecule has 0 spiro atoms. The van der Waals surface area contributed by atoms with Crippen LogP contribution < -0.4 is 36.4 Å². The maximum Gasteiger partial charge on any atom is 0.332 e. The van der Waals surface area contributed by atoms with Gasteiger partial charge in [-0.05, 0) is 72.9 Å². The summed E-state index contributed by atoms with van der Waals surface area (Å²) in [5.74, 6) is 1.91. The fourth-order valence-electron chi connectivity index (χ4n) is 5.94. The van der Waals surface area contributed by atoms with Gasteiger partial charge in [-0.2, -0.15) is 25.0 Å². The summed E-state index contributed by atoms with van der Waals surface area (Å²) in [6.45, 7) is 1.84. The Morgan fingerprint density at radius 1 is 0.868 bits per heavy atom. The van der Waals surface area contributed by atoms with Crippen molar-refractivity contribution in [2.75, 3.05) is 35.8 Å². The van der Waals surface area contributed by atoms with Gasteiger partial charge in [0.1, 0.15) is 0 Å². The summed E-state index contributed by atoms with van der Waals surface area (Å²) >= 11 is 12.7. The second-order valence-electron chi connectivity index (χ2n) is 12.3. The molecular weight excluding hydrogens is 721 g/mol. The fourth-order valence-corrected chi connectivity index (χ4v) is 6.41. The molecule has 1 aliphatic heterocycles. The van der Waals surface area contributed by atoms with Gasteiger partial charge >= 0.3 is 11.7 Å². The van der Waals surface area contributed by atoms with Gasteiger partial charge in [-0.1, -0.05) is 47.5 Å². The number of ether oxygens (including phenoxy) is 2. The lowest BCUT2D eigenvalue weighted by Crippen LogP contribution is -2.37. The third-order valence-corrected chi connectivity index (χ3v) is 9.30. The van der Waals surface area contributed by atoms with Gasteiger partial charge in [0.25, 0.3) is 5.56 Å². The minimum absolute atomic E-state index is 0.0463. The Kier molecular flexibility index (Phi) is 10.3. The standard InChI is InChI=1S/C36H35Cl2N11O4/c1-46-30-29(31(50)47(2)36(46)51)49(21-23-13-14-24(37)19-26(23)38)35(41-30)53-27-15-12-22(18-28(27)52-3)20-39-45-33-42-32(40-25-10-6-4-7-11-25)43-34(44-33)48-16-8-5-9-17-48/h4,6-7,10-15,18-20H,5,8-9,16-17,21H2,1-3H3,(H2,40,42,43,44,45)/b39-20-. The molecule has 7 rings (SSSR count). The topological polar surface area (TPSA) is 159 Å². The minimum Gasteiger partial charge on any atom is -0.493 e. The summed E-state index contributed by atoms with van der Waals surface area (Å²) < 4.78 is 15.9. The van der Waals surface area contributed by atoms with Crippen molar-refractivity contribution in [3.8, 4) is 17.5 Å². The van der Waals surface area contributed by atoms with E-state index in [4.69, 9.17) is 32.7 Å². The normalized spacial score (nSPS) is 13.1. The zero-order valence-electron chi connectivity index (χ0n) is 29.1. The molecule has 1 fully saturated rings. The molecule has 272 valence electrons. The maximum absolute atomic E-state index is 13.4. The molecule has 0 atom stereocenters. The number of methoxy groups -OCH3 is 1. The number of hydrogen-bond donors (Lipinski definition) is 2. The molecule has 0 aliphatic carbocycles. The van der Waals surface area contributed by atoms with Crippen molar-refractivity contribution >= 4 is 64.1 Å². The van der Waals surface area contributed by atoms with Crippen LogP contribution in [0.25, 0.3) is 11.2 Å². The highest BCUT2D eigenvalue weighted by molar-refractivity contribution is 6.35. The molecule has 1 aliphatic rings. The molecule has 0 radical (unpaired) electrons. The van der Waals surface area contributed by atoms with Gasteiger partial charge in [-0.25, -0.2) is 10.2 Å². The zero-order chi connectivity index (χ0) is 37.1. The van der Waals surface area contributed by atoms with Crippen LogP contribution in [-0.4, -0.2) is 60.1 Å². The van der Waals surface area contributed by atoms with Crippen LogP contribution in [0.2, 0.25) is 10.0 Å². The van der Waals surface area contributed by atoms with Crippen LogP contribution in [0.3, 0.4) is 0 Å². The number of halogens is 2. The van der Waals surface area contributed by atoms with E-state index in [9.17, 15) is 9.59 Å². The first-order valence-corrected chi connectivity index (χ1v) is 17.5. The summed E-state index contributed by atoms with van der Waals surface area (Å²) in [5, 5.41) is 8.51. The number of fused-ring (bicyclic) bond motifs is 1. The number of para-hydroxylation sites is 1. The van der Waals surface area contributed by atoms with Gasteiger partial charge in [0.15, 0.2) is 22.7 Å². The third kappa shape index (κ3) is 7.66. The number of hydrazone groups is 1. The van der Waals surface area contributed by atoms with Gasteiger partial charge in [-0.3, -0.25) is 18.5 Å². The van der Waals surface area contributed by atoms with Crippen LogP contribution in [0.1, 0.15) is 30.4 Å². The van der Waals surface area contributed by atoms with E-state index in [1.54, 1.807) is 47.2 Å². The van der Waals surface area contributed by atoms with Crippen molar-refractivity contribution < 1.29 is 9.47 Å². The molecule has 0 unspecified atom stereocenters. The molecule has 3 aromatic heterocycles. The van der Waals surface area contributed by atoms with E-state index in [2.05, 4.69) is 40.7 Å². The Balaban J connectivity index is 1.17. The lowest BCUT2D eigenvalue weighted by atomic mass is 10.1. The van der Waals surface area contributed by atoms with Crippen molar-refractivity contribution in [2.24, 2.45) is 19.2 Å². The minimum atomic E-state index is -0.536. The molecule has 6 aromatic rings. The molecule has 1 saturated heterocycles. The number of imidazole rings is 1. The number of nitrogens with zero attached hydrogens (tertiary/aromatic N) is 9. The zero-order valence-corrected chi connectivity index (χ0v) is 30.6. The Morgan fingerprint density at radius 2 is 1.64 bits per heavy atom. The van der Waals surface area contributed by atoms with Crippen LogP contribution in [0.4, 0.5) is 23.5 Å². The fraction of sp³-hybridized carbons (Fsp3) is 0.250. The first-order chi connectivity index (χ1) is 25.7. The van der Waals surface area contributed by atoms with Crippen LogP contribution in [0.15, 0.2) is 81.4 Å².